The highest BCUT2D eigenvalue weighted by Gasteiger charge is 2.21. The zero-order valence-corrected chi connectivity index (χ0v) is 10.7. The zero-order valence-electron chi connectivity index (χ0n) is 10.7. The summed E-state index contributed by atoms with van der Waals surface area (Å²) in [6, 6.07) is 10.8. The third-order valence-corrected chi connectivity index (χ3v) is 3.66. The van der Waals surface area contributed by atoms with Gasteiger partial charge in [0, 0.05) is 12.1 Å². The lowest BCUT2D eigenvalue weighted by Gasteiger charge is -2.15. The molecule has 3 heteroatoms. The van der Waals surface area contributed by atoms with E-state index in [2.05, 4.69) is 17.4 Å². The SMILES string of the molecule is Cc1cc(F)c(NC2Cc3ccccc3C2)cc1F. The smallest absolute Gasteiger partial charge is 0.146 e. The van der Waals surface area contributed by atoms with E-state index in [0.29, 0.717) is 5.56 Å². The zero-order chi connectivity index (χ0) is 13.4. The molecule has 0 bridgehead atoms. The van der Waals surface area contributed by atoms with Crippen molar-refractivity contribution in [3.05, 3.63) is 64.7 Å². The van der Waals surface area contributed by atoms with E-state index in [1.807, 2.05) is 12.1 Å². The number of aryl methyl sites for hydroxylation is 1. The van der Waals surface area contributed by atoms with Gasteiger partial charge in [0.2, 0.25) is 0 Å². The minimum Gasteiger partial charge on any atom is -0.379 e. The van der Waals surface area contributed by atoms with Crippen LogP contribution in [0.2, 0.25) is 0 Å². The third-order valence-electron chi connectivity index (χ3n) is 3.66. The van der Waals surface area contributed by atoms with Gasteiger partial charge in [-0.05, 0) is 42.5 Å². The first kappa shape index (κ1) is 12.2. The Morgan fingerprint density at radius 2 is 1.63 bits per heavy atom. The quantitative estimate of drug-likeness (QED) is 0.863. The minimum atomic E-state index is -0.394. The molecule has 98 valence electrons. The molecule has 3 rings (SSSR count). The predicted octanol–water partition coefficient (Wildman–Crippen LogP) is 3.85. The van der Waals surface area contributed by atoms with Crippen molar-refractivity contribution in [3.8, 4) is 0 Å². The van der Waals surface area contributed by atoms with Crippen LogP contribution in [0.25, 0.3) is 0 Å². The summed E-state index contributed by atoms with van der Waals surface area (Å²) in [5.74, 6) is -0.769. The van der Waals surface area contributed by atoms with E-state index < -0.39 is 5.82 Å². The van der Waals surface area contributed by atoms with Gasteiger partial charge in [0.15, 0.2) is 0 Å². The fourth-order valence-corrected chi connectivity index (χ4v) is 2.64. The van der Waals surface area contributed by atoms with Crippen molar-refractivity contribution in [3.63, 3.8) is 0 Å². The van der Waals surface area contributed by atoms with Crippen LogP contribution in [-0.2, 0) is 12.8 Å². The van der Waals surface area contributed by atoms with Gasteiger partial charge >= 0.3 is 0 Å². The Labute approximate surface area is 111 Å². The average Bonchev–Trinajstić information content (AvgIpc) is 2.78. The van der Waals surface area contributed by atoms with E-state index in [1.165, 1.54) is 23.3 Å². The van der Waals surface area contributed by atoms with Crippen LogP contribution in [0.3, 0.4) is 0 Å². The second-order valence-electron chi connectivity index (χ2n) is 5.10. The summed E-state index contributed by atoms with van der Waals surface area (Å²) < 4.78 is 27.3. The molecule has 0 heterocycles. The van der Waals surface area contributed by atoms with Crippen LogP contribution >= 0.6 is 0 Å². The molecular weight excluding hydrogens is 244 g/mol. The molecule has 1 aliphatic rings. The van der Waals surface area contributed by atoms with Crippen molar-refractivity contribution in [2.75, 3.05) is 5.32 Å². The first-order valence-corrected chi connectivity index (χ1v) is 6.42. The summed E-state index contributed by atoms with van der Waals surface area (Å²) in [5.41, 5.74) is 3.15. The highest BCUT2D eigenvalue weighted by molar-refractivity contribution is 5.49. The van der Waals surface area contributed by atoms with Crippen molar-refractivity contribution in [1.82, 2.24) is 0 Å². The second kappa shape index (κ2) is 4.65. The van der Waals surface area contributed by atoms with Crippen molar-refractivity contribution in [2.45, 2.75) is 25.8 Å². The number of nitrogens with one attached hydrogen (secondary N) is 1. The van der Waals surface area contributed by atoms with E-state index in [4.69, 9.17) is 0 Å². The summed E-state index contributed by atoms with van der Waals surface area (Å²) in [4.78, 5) is 0. The van der Waals surface area contributed by atoms with E-state index in [0.717, 1.165) is 12.8 Å². The van der Waals surface area contributed by atoms with Crippen LogP contribution in [0, 0.1) is 18.6 Å². The van der Waals surface area contributed by atoms with Gasteiger partial charge in [-0.15, -0.1) is 0 Å². The van der Waals surface area contributed by atoms with E-state index in [1.54, 1.807) is 6.92 Å². The van der Waals surface area contributed by atoms with Crippen LogP contribution in [-0.4, -0.2) is 6.04 Å². The van der Waals surface area contributed by atoms with Gasteiger partial charge in [-0.25, -0.2) is 8.78 Å². The number of fused-ring (bicyclic) bond motifs is 1. The molecule has 1 N–H and O–H groups in total. The van der Waals surface area contributed by atoms with E-state index in [-0.39, 0.29) is 17.5 Å². The Hall–Kier alpha value is -1.90. The first-order chi connectivity index (χ1) is 9.13. The number of rotatable bonds is 2. The average molecular weight is 259 g/mol. The Bertz CT molecular complexity index is 597. The monoisotopic (exact) mass is 259 g/mol. The molecule has 0 amide bonds. The fourth-order valence-electron chi connectivity index (χ4n) is 2.64. The third kappa shape index (κ3) is 2.33. The lowest BCUT2D eigenvalue weighted by atomic mass is 10.1. The summed E-state index contributed by atoms with van der Waals surface area (Å²) in [6.07, 6.45) is 1.70. The molecule has 0 aromatic heterocycles. The van der Waals surface area contributed by atoms with E-state index >= 15 is 0 Å². The van der Waals surface area contributed by atoms with Crippen molar-refractivity contribution >= 4 is 5.69 Å². The summed E-state index contributed by atoms with van der Waals surface area (Å²) >= 11 is 0. The maximum Gasteiger partial charge on any atom is 0.146 e. The molecule has 1 aliphatic carbocycles. The minimum absolute atomic E-state index is 0.133. The van der Waals surface area contributed by atoms with Crippen LogP contribution in [0.15, 0.2) is 36.4 Å². The largest absolute Gasteiger partial charge is 0.379 e. The molecule has 0 saturated heterocycles. The molecule has 0 fully saturated rings. The lowest BCUT2D eigenvalue weighted by Crippen LogP contribution is -2.20. The maximum atomic E-state index is 13.8. The van der Waals surface area contributed by atoms with Crippen LogP contribution in [0.4, 0.5) is 14.5 Å². The van der Waals surface area contributed by atoms with Crippen LogP contribution in [0.1, 0.15) is 16.7 Å². The topological polar surface area (TPSA) is 12.0 Å². The van der Waals surface area contributed by atoms with Gasteiger partial charge in [0.25, 0.3) is 0 Å². The molecule has 2 aromatic carbocycles. The molecule has 0 radical (unpaired) electrons. The van der Waals surface area contributed by atoms with Crippen molar-refractivity contribution in [2.24, 2.45) is 0 Å². The number of anilines is 1. The highest BCUT2D eigenvalue weighted by atomic mass is 19.1. The molecule has 0 aliphatic heterocycles. The number of benzene rings is 2. The van der Waals surface area contributed by atoms with E-state index in [9.17, 15) is 8.78 Å². The normalized spacial score (nSPS) is 14.5. The van der Waals surface area contributed by atoms with Gasteiger partial charge in [-0.3, -0.25) is 0 Å². The van der Waals surface area contributed by atoms with Gasteiger partial charge in [-0.2, -0.15) is 0 Å². The van der Waals surface area contributed by atoms with Gasteiger partial charge < -0.3 is 5.32 Å². The van der Waals surface area contributed by atoms with Gasteiger partial charge in [-0.1, -0.05) is 24.3 Å². The molecule has 2 aromatic rings. The first-order valence-electron chi connectivity index (χ1n) is 6.42. The van der Waals surface area contributed by atoms with Crippen molar-refractivity contribution < 1.29 is 8.78 Å². The molecular formula is C16H15F2N. The Balaban J connectivity index is 1.79. The molecule has 19 heavy (non-hydrogen) atoms. The molecule has 0 unspecified atom stereocenters. The maximum absolute atomic E-state index is 13.8. The van der Waals surface area contributed by atoms with Crippen LogP contribution in [0.5, 0.6) is 0 Å². The van der Waals surface area contributed by atoms with Crippen molar-refractivity contribution in [1.29, 1.82) is 0 Å². The molecule has 0 saturated carbocycles. The van der Waals surface area contributed by atoms with Crippen LogP contribution < -0.4 is 5.32 Å². The Kier molecular flexibility index (Phi) is 2.97. The number of hydrogen-bond acceptors (Lipinski definition) is 1. The number of halogens is 2. The Morgan fingerprint density at radius 3 is 2.26 bits per heavy atom. The van der Waals surface area contributed by atoms with Gasteiger partial charge in [0.1, 0.15) is 11.6 Å². The fraction of sp³-hybridized carbons (Fsp3) is 0.250. The second-order valence-corrected chi connectivity index (χ2v) is 5.10. The number of hydrogen-bond donors (Lipinski definition) is 1. The predicted molar refractivity (Wildman–Crippen MR) is 72.4 cm³/mol. The summed E-state index contributed by atoms with van der Waals surface area (Å²) in [7, 11) is 0. The molecule has 0 spiro atoms. The standard InChI is InChI=1S/C16H15F2N/c1-10-6-15(18)16(9-14(10)17)19-13-7-11-4-2-3-5-12(11)8-13/h2-6,9,13,19H,7-8H2,1H3. The summed E-state index contributed by atoms with van der Waals surface area (Å²) in [5, 5.41) is 3.11. The summed E-state index contributed by atoms with van der Waals surface area (Å²) in [6.45, 7) is 1.56. The molecule has 0 atom stereocenters. The lowest BCUT2D eigenvalue weighted by molar-refractivity contribution is 0.591. The highest BCUT2D eigenvalue weighted by Crippen LogP contribution is 2.26. The van der Waals surface area contributed by atoms with Gasteiger partial charge in [0.05, 0.1) is 5.69 Å². The Morgan fingerprint density at radius 1 is 1.00 bits per heavy atom. The molecule has 1 nitrogen and oxygen atoms in total.